The maximum Gasteiger partial charge on any atom is 0.244 e. The smallest absolute Gasteiger partial charge is 0.244 e. The molecule has 1 amide bonds. The van der Waals surface area contributed by atoms with Crippen LogP contribution in [0.25, 0.3) is 6.08 Å². The zero-order valence-corrected chi connectivity index (χ0v) is 9.13. The Hall–Kier alpha value is -2.43. The van der Waals surface area contributed by atoms with Gasteiger partial charge in [0.1, 0.15) is 5.69 Å². The van der Waals surface area contributed by atoms with Gasteiger partial charge in [-0.1, -0.05) is 30.3 Å². The largest absolute Gasteiger partial charge is 0.347 e. The quantitative estimate of drug-likeness (QED) is 0.771. The average Bonchev–Trinajstić information content (AvgIpc) is 2.88. The van der Waals surface area contributed by atoms with Crippen LogP contribution < -0.4 is 5.32 Å². The number of amides is 1. The highest BCUT2D eigenvalue weighted by Gasteiger charge is 1.98. The van der Waals surface area contributed by atoms with Crippen LogP contribution in [0.5, 0.6) is 0 Å². The number of rotatable bonds is 4. The standard InChI is InChI=1S/C12H12N4O/c17-12(13-8-11-9-14-16-15-11)7-6-10-4-2-1-3-5-10/h1-7,9H,8H2,(H,13,17)(H,14,15,16). The Kier molecular flexibility index (Phi) is 3.64. The van der Waals surface area contributed by atoms with Gasteiger partial charge >= 0.3 is 0 Å². The molecular weight excluding hydrogens is 216 g/mol. The fourth-order valence-corrected chi connectivity index (χ4v) is 1.28. The van der Waals surface area contributed by atoms with E-state index in [-0.39, 0.29) is 5.91 Å². The maximum atomic E-state index is 11.5. The van der Waals surface area contributed by atoms with Crippen molar-refractivity contribution < 1.29 is 4.79 Å². The molecular formula is C12H12N4O. The van der Waals surface area contributed by atoms with Crippen molar-refractivity contribution in [3.05, 3.63) is 53.9 Å². The van der Waals surface area contributed by atoms with E-state index in [1.54, 1.807) is 12.3 Å². The topological polar surface area (TPSA) is 70.7 Å². The Labute approximate surface area is 98.6 Å². The molecule has 0 aliphatic rings. The molecule has 0 atom stereocenters. The van der Waals surface area contributed by atoms with Crippen molar-refractivity contribution in [3.63, 3.8) is 0 Å². The molecule has 1 aromatic heterocycles. The van der Waals surface area contributed by atoms with E-state index in [2.05, 4.69) is 20.7 Å². The lowest BCUT2D eigenvalue weighted by Gasteiger charge is -1.97. The number of nitrogens with one attached hydrogen (secondary N) is 2. The zero-order valence-electron chi connectivity index (χ0n) is 9.13. The van der Waals surface area contributed by atoms with Crippen LogP contribution in [0, 0.1) is 0 Å². The Morgan fingerprint density at radius 1 is 1.35 bits per heavy atom. The van der Waals surface area contributed by atoms with Crippen molar-refractivity contribution in [1.29, 1.82) is 0 Å². The molecule has 0 unspecified atom stereocenters. The molecule has 1 aromatic carbocycles. The van der Waals surface area contributed by atoms with Gasteiger partial charge in [0, 0.05) is 6.08 Å². The minimum Gasteiger partial charge on any atom is -0.347 e. The highest BCUT2D eigenvalue weighted by Crippen LogP contribution is 2.00. The number of carbonyl (C=O) groups excluding carboxylic acids is 1. The number of hydrogen-bond donors (Lipinski definition) is 2. The number of aromatic amines is 1. The van der Waals surface area contributed by atoms with Crippen molar-refractivity contribution in [3.8, 4) is 0 Å². The molecule has 0 aliphatic carbocycles. The summed E-state index contributed by atoms with van der Waals surface area (Å²) in [6.07, 6.45) is 4.83. The van der Waals surface area contributed by atoms with Crippen LogP contribution in [0.15, 0.2) is 42.6 Å². The molecule has 0 spiro atoms. The number of nitrogens with zero attached hydrogens (tertiary/aromatic N) is 2. The molecule has 0 fully saturated rings. The summed E-state index contributed by atoms with van der Waals surface area (Å²) in [6, 6.07) is 9.64. The van der Waals surface area contributed by atoms with Crippen molar-refractivity contribution in [2.24, 2.45) is 0 Å². The van der Waals surface area contributed by atoms with E-state index in [1.165, 1.54) is 6.08 Å². The van der Waals surface area contributed by atoms with Crippen LogP contribution >= 0.6 is 0 Å². The second-order valence-corrected chi connectivity index (χ2v) is 3.42. The summed E-state index contributed by atoms with van der Waals surface area (Å²) in [5.74, 6) is -0.156. The number of hydrogen-bond acceptors (Lipinski definition) is 3. The molecule has 0 radical (unpaired) electrons. The summed E-state index contributed by atoms with van der Waals surface area (Å²) >= 11 is 0. The van der Waals surface area contributed by atoms with Gasteiger partial charge in [-0.15, -0.1) is 0 Å². The molecule has 5 heteroatoms. The molecule has 2 N–H and O–H groups in total. The molecule has 2 aromatic rings. The van der Waals surface area contributed by atoms with Gasteiger partial charge in [0.05, 0.1) is 12.7 Å². The second kappa shape index (κ2) is 5.60. The highest BCUT2D eigenvalue weighted by molar-refractivity contribution is 5.91. The Bertz CT molecular complexity index is 490. The summed E-state index contributed by atoms with van der Waals surface area (Å²) in [5.41, 5.74) is 1.69. The van der Waals surface area contributed by atoms with Gasteiger partial charge in [0.25, 0.3) is 0 Å². The summed E-state index contributed by atoms with van der Waals surface area (Å²) in [5, 5.41) is 12.7. The third kappa shape index (κ3) is 3.57. The molecule has 0 saturated heterocycles. The molecule has 0 saturated carbocycles. The average molecular weight is 228 g/mol. The predicted octanol–water partition coefficient (Wildman–Crippen LogP) is 1.13. The van der Waals surface area contributed by atoms with Gasteiger partial charge in [-0.25, -0.2) is 0 Å². The molecule has 0 aliphatic heterocycles. The van der Waals surface area contributed by atoms with Crippen LogP contribution in [0.1, 0.15) is 11.3 Å². The molecule has 0 bridgehead atoms. The number of benzene rings is 1. The van der Waals surface area contributed by atoms with Gasteiger partial charge in [0.2, 0.25) is 5.91 Å². The fraction of sp³-hybridized carbons (Fsp3) is 0.0833. The Morgan fingerprint density at radius 2 is 2.18 bits per heavy atom. The summed E-state index contributed by atoms with van der Waals surface area (Å²) in [4.78, 5) is 11.5. The minimum absolute atomic E-state index is 0.156. The molecule has 2 rings (SSSR count). The van der Waals surface area contributed by atoms with Crippen LogP contribution in [0.2, 0.25) is 0 Å². The third-order valence-corrected chi connectivity index (χ3v) is 2.14. The van der Waals surface area contributed by atoms with Gasteiger partial charge in [-0.05, 0) is 11.6 Å². The Morgan fingerprint density at radius 3 is 2.88 bits per heavy atom. The monoisotopic (exact) mass is 228 g/mol. The van der Waals surface area contributed by atoms with Crippen LogP contribution in [0.4, 0.5) is 0 Å². The van der Waals surface area contributed by atoms with E-state index in [1.807, 2.05) is 30.3 Å². The van der Waals surface area contributed by atoms with E-state index >= 15 is 0 Å². The van der Waals surface area contributed by atoms with Gasteiger partial charge in [-0.2, -0.15) is 15.4 Å². The molecule has 86 valence electrons. The van der Waals surface area contributed by atoms with Crippen molar-refractivity contribution >= 4 is 12.0 Å². The second-order valence-electron chi connectivity index (χ2n) is 3.42. The lowest BCUT2D eigenvalue weighted by Crippen LogP contribution is -2.20. The first-order chi connectivity index (χ1) is 8.34. The van der Waals surface area contributed by atoms with Gasteiger partial charge in [0.15, 0.2) is 0 Å². The number of H-pyrrole nitrogens is 1. The van der Waals surface area contributed by atoms with E-state index in [0.717, 1.165) is 5.56 Å². The summed E-state index contributed by atoms with van der Waals surface area (Å²) in [7, 11) is 0. The number of carbonyl (C=O) groups is 1. The van der Waals surface area contributed by atoms with E-state index in [0.29, 0.717) is 12.2 Å². The normalized spacial score (nSPS) is 10.6. The minimum atomic E-state index is -0.156. The molecule has 1 heterocycles. The van der Waals surface area contributed by atoms with Crippen LogP contribution in [0.3, 0.4) is 0 Å². The first-order valence-electron chi connectivity index (χ1n) is 5.20. The molecule has 5 nitrogen and oxygen atoms in total. The van der Waals surface area contributed by atoms with Crippen LogP contribution in [-0.2, 0) is 11.3 Å². The first-order valence-corrected chi connectivity index (χ1v) is 5.20. The fourth-order valence-electron chi connectivity index (χ4n) is 1.28. The highest BCUT2D eigenvalue weighted by atomic mass is 16.1. The van der Waals surface area contributed by atoms with Crippen molar-refractivity contribution in [2.45, 2.75) is 6.54 Å². The van der Waals surface area contributed by atoms with Gasteiger partial charge in [-0.3, -0.25) is 4.79 Å². The van der Waals surface area contributed by atoms with Crippen molar-refractivity contribution in [1.82, 2.24) is 20.7 Å². The van der Waals surface area contributed by atoms with E-state index in [9.17, 15) is 4.79 Å². The molecule has 17 heavy (non-hydrogen) atoms. The summed E-state index contributed by atoms with van der Waals surface area (Å²) in [6.45, 7) is 0.370. The maximum absolute atomic E-state index is 11.5. The zero-order chi connectivity index (χ0) is 11.9. The summed E-state index contributed by atoms with van der Waals surface area (Å²) < 4.78 is 0. The SMILES string of the molecule is O=C(C=Cc1ccccc1)NCc1cn[nH]n1. The van der Waals surface area contributed by atoms with E-state index < -0.39 is 0 Å². The lowest BCUT2D eigenvalue weighted by atomic mass is 10.2. The van der Waals surface area contributed by atoms with Crippen LogP contribution in [-0.4, -0.2) is 21.3 Å². The Balaban J connectivity index is 1.83. The number of aromatic nitrogens is 3. The van der Waals surface area contributed by atoms with Crippen molar-refractivity contribution in [2.75, 3.05) is 0 Å². The predicted molar refractivity (Wildman–Crippen MR) is 63.7 cm³/mol. The van der Waals surface area contributed by atoms with Gasteiger partial charge < -0.3 is 5.32 Å². The third-order valence-electron chi connectivity index (χ3n) is 2.14. The lowest BCUT2D eigenvalue weighted by molar-refractivity contribution is -0.116. The first kappa shape index (κ1) is 11.1. The van der Waals surface area contributed by atoms with E-state index in [4.69, 9.17) is 0 Å².